The second-order valence-corrected chi connectivity index (χ2v) is 4.26. The Morgan fingerprint density at radius 3 is 3.06 bits per heavy atom. The molecule has 0 aromatic carbocycles. The van der Waals surface area contributed by atoms with Crippen LogP contribution in [0.4, 0.5) is 0 Å². The summed E-state index contributed by atoms with van der Waals surface area (Å²) in [4.78, 5) is 13.6. The molecule has 0 aromatic heterocycles. The molecule has 1 aliphatic heterocycles. The number of hydrogen-bond donors (Lipinski definition) is 1. The molecule has 1 aliphatic rings. The van der Waals surface area contributed by atoms with Gasteiger partial charge in [0.15, 0.2) is 0 Å². The number of carbonyl (C=O) groups is 1. The zero-order valence-electron chi connectivity index (χ0n) is 10.0. The van der Waals surface area contributed by atoms with E-state index in [1.54, 1.807) is 7.11 Å². The third-order valence-corrected chi connectivity index (χ3v) is 3.03. The van der Waals surface area contributed by atoms with Crippen LogP contribution < -0.4 is 5.32 Å². The van der Waals surface area contributed by atoms with E-state index in [-0.39, 0.29) is 12.0 Å². The average Bonchev–Trinajstić information content (AvgIpc) is 2.29. The molecule has 2 atom stereocenters. The van der Waals surface area contributed by atoms with Crippen molar-refractivity contribution in [2.75, 3.05) is 33.3 Å². The van der Waals surface area contributed by atoms with Crippen molar-refractivity contribution < 1.29 is 9.53 Å². The Kier molecular flexibility index (Phi) is 5.30. The second-order valence-electron chi connectivity index (χ2n) is 4.26. The molecule has 1 amide bonds. The fourth-order valence-corrected chi connectivity index (χ4v) is 1.96. The van der Waals surface area contributed by atoms with Crippen LogP contribution in [-0.4, -0.2) is 50.2 Å². The number of carbonyl (C=O) groups excluding carboxylic acids is 1. The van der Waals surface area contributed by atoms with Gasteiger partial charge in [-0.3, -0.25) is 9.69 Å². The minimum atomic E-state index is -0.0117. The van der Waals surface area contributed by atoms with E-state index in [1.807, 2.05) is 0 Å². The molecule has 1 N–H and O–H groups in total. The van der Waals surface area contributed by atoms with Crippen molar-refractivity contribution in [3.8, 4) is 12.3 Å². The Morgan fingerprint density at radius 1 is 1.69 bits per heavy atom. The van der Waals surface area contributed by atoms with Gasteiger partial charge in [-0.1, -0.05) is 12.8 Å². The molecule has 1 rings (SSSR count). The number of terminal acetylenes is 1. The predicted molar refractivity (Wildman–Crippen MR) is 62.9 cm³/mol. The van der Waals surface area contributed by atoms with Crippen molar-refractivity contribution >= 4 is 5.91 Å². The highest BCUT2D eigenvalue weighted by Crippen LogP contribution is 2.18. The lowest BCUT2D eigenvalue weighted by molar-refractivity contribution is -0.123. The number of methoxy groups -OCH3 is 1. The number of amides is 1. The van der Waals surface area contributed by atoms with Gasteiger partial charge in [-0.25, -0.2) is 0 Å². The Labute approximate surface area is 97.3 Å². The van der Waals surface area contributed by atoms with Gasteiger partial charge in [0.2, 0.25) is 5.91 Å². The van der Waals surface area contributed by atoms with Gasteiger partial charge in [0.25, 0.3) is 0 Å². The minimum absolute atomic E-state index is 0.0117. The molecule has 0 radical (unpaired) electrons. The number of piperidine rings is 1. The molecular weight excluding hydrogens is 204 g/mol. The van der Waals surface area contributed by atoms with Gasteiger partial charge in [0, 0.05) is 13.7 Å². The molecule has 90 valence electrons. The van der Waals surface area contributed by atoms with Gasteiger partial charge in [0.1, 0.15) is 0 Å². The molecule has 4 heteroatoms. The average molecular weight is 224 g/mol. The SMILES string of the molecule is C#CCNC(=O)CN1CCC(C)C(OC)C1. The number of rotatable bonds is 4. The van der Waals surface area contributed by atoms with Crippen LogP contribution in [0.1, 0.15) is 13.3 Å². The highest BCUT2D eigenvalue weighted by atomic mass is 16.5. The van der Waals surface area contributed by atoms with E-state index < -0.39 is 0 Å². The lowest BCUT2D eigenvalue weighted by Crippen LogP contribution is -2.47. The van der Waals surface area contributed by atoms with E-state index in [0.717, 1.165) is 19.5 Å². The molecule has 0 saturated carbocycles. The van der Waals surface area contributed by atoms with Gasteiger partial charge in [0.05, 0.1) is 19.2 Å². The normalized spacial score (nSPS) is 26.1. The van der Waals surface area contributed by atoms with Gasteiger partial charge in [-0.05, 0) is 18.9 Å². The van der Waals surface area contributed by atoms with Crippen LogP contribution in [0.15, 0.2) is 0 Å². The van der Waals surface area contributed by atoms with Crippen molar-refractivity contribution in [2.24, 2.45) is 5.92 Å². The summed E-state index contributed by atoms with van der Waals surface area (Å²) in [5.41, 5.74) is 0. The summed E-state index contributed by atoms with van der Waals surface area (Å²) in [5, 5.41) is 2.67. The first-order valence-corrected chi connectivity index (χ1v) is 5.62. The Bertz CT molecular complexity index is 273. The number of nitrogens with one attached hydrogen (secondary N) is 1. The summed E-state index contributed by atoms with van der Waals surface area (Å²) < 4.78 is 5.39. The fourth-order valence-electron chi connectivity index (χ4n) is 1.96. The van der Waals surface area contributed by atoms with Crippen molar-refractivity contribution in [1.29, 1.82) is 0 Å². The Morgan fingerprint density at radius 2 is 2.44 bits per heavy atom. The molecule has 16 heavy (non-hydrogen) atoms. The monoisotopic (exact) mass is 224 g/mol. The quantitative estimate of drug-likeness (QED) is 0.688. The summed E-state index contributed by atoms with van der Waals surface area (Å²) in [6.07, 6.45) is 6.37. The van der Waals surface area contributed by atoms with Gasteiger partial charge >= 0.3 is 0 Å². The first-order valence-electron chi connectivity index (χ1n) is 5.62. The van der Waals surface area contributed by atoms with Gasteiger partial charge in [-0.2, -0.15) is 0 Å². The molecule has 1 saturated heterocycles. The van der Waals surface area contributed by atoms with E-state index in [1.165, 1.54) is 0 Å². The summed E-state index contributed by atoms with van der Waals surface area (Å²) in [6, 6.07) is 0. The topological polar surface area (TPSA) is 41.6 Å². The number of hydrogen-bond acceptors (Lipinski definition) is 3. The van der Waals surface area contributed by atoms with Gasteiger partial charge in [-0.15, -0.1) is 6.42 Å². The maximum Gasteiger partial charge on any atom is 0.234 e. The number of likely N-dealkylation sites (tertiary alicyclic amines) is 1. The number of nitrogens with zero attached hydrogens (tertiary/aromatic N) is 1. The third kappa shape index (κ3) is 3.84. The fraction of sp³-hybridized carbons (Fsp3) is 0.750. The van der Waals surface area contributed by atoms with Crippen molar-refractivity contribution in [2.45, 2.75) is 19.4 Å². The molecule has 2 unspecified atom stereocenters. The molecule has 1 heterocycles. The van der Waals surface area contributed by atoms with Crippen LogP contribution >= 0.6 is 0 Å². The zero-order chi connectivity index (χ0) is 12.0. The van der Waals surface area contributed by atoms with E-state index in [9.17, 15) is 4.79 Å². The highest BCUT2D eigenvalue weighted by Gasteiger charge is 2.26. The standard InChI is InChI=1S/C12H20N2O2/c1-4-6-13-12(15)9-14-7-5-10(2)11(8-14)16-3/h1,10-11H,5-9H2,2-3H3,(H,13,15). The van der Waals surface area contributed by atoms with Crippen molar-refractivity contribution in [1.82, 2.24) is 10.2 Å². The maximum atomic E-state index is 11.5. The van der Waals surface area contributed by atoms with Crippen molar-refractivity contribution in [3.63, 3.8) is 0 Å². The second kappa shape index (κ2) is 6.51. The lowest BCUT2D eigenvalue weighted by Gasteiger charge is -2.35. The van der Waals surface area contributed by atoms with Crippen molar-refractivity contribution in [3.05, 3.63) is 0 Å². The molecule has 4 nitrogen and oxygen atoms in total. The largest absolute Gasteiger partial charge is 0.380 e. The van der Waals surface area contributed by atoms with Gasteiger partial charge < -0.3 is 10.1 Å². The van der Waals surface area contributed by atoms with Crippen LogP contribution in [0.25, 0.3) is 0 Å². The first kappa shape index (κ1) is 13.0. The lowest BCUT2D eigenvalue weighted by atomic mass is 9.96. The molecule has 0 spiro atoms. The van der Waals surface area contributed by atoms with E-state index in [4.69, 9.17) is 11.2 Å². The first-order chi connectivity index (χ1) is 7.67. The van der Waals surface area contributed by atoms with E-state index in [2.05, 4.69) is 23.1 Å². The molecular formula is C12H20N2O2. The van der Waals surface area contributed by atoms with E-state index in [0.29, 0.717) is 19.0 Å². The van der Waals surface area contributed by atoms with Crippen LogP contribution in [0.5, 0.6) is 0 Å². The minimum Gasteiger partial charge on any atom is -0.380 e. The van der Waals surface area contributed by atoms with Crippen LogP contribution in [0, 0.1) is 18.3 Å². The summed E-state index contributed by atoms with van der Waals surface area (Å²) >= 11 is 0. The molecule has 0 aromatic rings. The Balaban J connectivity index is 2.33. The highest BCUT2D eigenvalue weighted by molar-refractivity contribution is 5.78. The summed E-state index contributed by atoms with van der Waals surface area (Å²) in [5.74, 6) is 2.94. The zero-order valence-corrected chi connectivity index (χ0v) is 10.0. The molecule has 0 bridgehead atoms. The smallest absolute Gasteiger partial charge is 0.234 e. The van der Waals surface area contributed by atoms with Crippen LogP contribution in [0.2, 0.25) is 0 Å². The summed E-state index contributed by atoms with van der Waals surface area (Å²) in [7, 11) is 1.73. The maximum absolute atomic E-state index is 11.5. The molecule has 1 fully saturated rings. The number of ether oxygens (including phenoxy) is 1. The predicted octanol–water partition coefficient (Wildman–Crippen LogP) is 0.0926. The summed E-state index contributed by atoms with van der Waals surface area (Å²) in [6.45, 7) is 4.67. The van der Waals surface area contributed by atoms with E-state index >= 15 is 0 Å². The molecule has 0 aliphatic carbocycles. The Hall–Kier alpha value is -1.05. The van der Waals surface area contributed by atoms with Crippen LogP contribution in [-0.2, 0) is 9.53 Å². The van der Waals surface area contributed by atoms with Crippen LogP contribution in [0.3, 0.4) is 0 Å². The third-order valence-electron chi connectivity index (χ3n) is 3.03.